The molecule has 2 atom stereocenters. The Morgan fingerprint density at radius 1 is 1.43 bits per heavy atom. The number of rotatable bonds is 5. The Bertz CT molecular complexity index is 478. The van der Waals surface area contributed by atoms with Crippen molar-refractivity contribution in [3.8, 4) is 0 Å². The predicted molar refractivity (Wildman–Crippen MR) is 82.0 cm³/mol. The average Bonchev–Trinajstić information content (AvgIpc) is 3.19. The molecule has 5 nitrogen and oxygen atoms in total. The maximum Gasteiger partial charge on any atom is 0.224 e. The summed E-state index contributed by atoms with van der Waals surface area (Å²) in [4.78, 5) is 19.0. The van der Waals surface area contributed by atoms with E-state index < -0.39 is 0 Å². The number of aromatic nitrogens is 2. The molecular formula is C16H26N4O. The molecule has 3 heterocycles. The van der Waals surface area contributed by atoms with Gasteiger partial charge in [0, 0.05) is 50.4 Å². The van der Waals surface area contributed by atoms with Gasteiger partial charge in [-0.05, 0) is 32.2 Å². The molecule has 1 aromatic heterocycles. The van der Waals surface area contributed by atoms with Crippen molar-refractivity contribution in [3.05, 3.63) is 18.2 Å². The fraction of sp³-hybridized carbons (Fsp3) is 0.750. The van der Waals surface area contributed by atoms with Crippen LogP contribution in [0, 0.1) is 0 Å². The molecule has 0 spiro atoms. The van der Waals surface area contributed by atoms with Gasteiger partial charge in [0.15, 0.2) is 0 Å². The first-order valence-corrected chi connectivity index (χ1v) is 8.30. The van der Waals surface area contributed by atoms with Crippen molar-refractivity contribution in [2.75, 3.05) is 13.1 Å². The van der Waals surface area contributed by atoms with Crippen LogP contribution in [0.1, 0.15) is 44.9 Å². The SMILES string of the molecule is CCc1nccn1C[C@H]1CCCN1C(=O)CC1CCCN1. The number of amides is 1. The van der Waals surface area contributed by atoms with Crippen molar-refractivity contribution in [3.63, 3.8) is 0 Å². The Kier molecular flexibility index (Phi) is 4.58. The van der Waals surface area contributed by atoms with Crippen LogP contribution >= 0.6 is 0 Å². The lowest BCUT2D eigenvalue weighted by molar-refractivity contribution is -0.132. The molecule has 0 bridgehead atoms. The average molecular weight is 290 g/mol. The second kappa shape index (κ2) is 6.60. The number of carbonyl (C=O) groups excluding carboxylic acids is 1. The maximum atomic E-state index is 12.6. The van der Waals surface area contributed by atoms with Crippen LogP contribution in [0.5, 0.6) is 0 Å². The van der Waals surface area contributed by atoms with Gasteiger partial charge in [-0.1, -0.05) is 6.92 Å². The fourth-order valence-electron chi connectivity index (χ4n) is 3.66. The minimum absolute atomic E-state index is 0.329. The maximum absolute atomic E-state index is 12.6. The van der Waals surface area contributed by atoms with E-state index in [0.29, 0.717) is 24.4 Å². The number of nitrogens with zero attached hydrogens (tertiary/aromatic N) is 3. The van der Waals surface area contributed by atoms with E-state index >= 15 is 0 Å². The number of nitrogens with one attached hydrogen (secondary N) is 1. The van der Waals surface area contributed by atoms with E-state index in [4.69, 9.17) is 0 Å². The Balaban J connectivity index is 1.60. The van der Waals surface area contributed by atoms with Crippen molar-refractivity contribution >= 4 is 5.91 Å². The quantitative estimate of drug-likeness (QED) is 0.896. The van der Waals surface area contributed by atoms with Gasteiger partial charge in [0.25, 0.3) is 0 Å². The van der Waals surface area contributed by atoms with Crippen molar-refractivity contribution in [1.29, 1.82) is 0 Å². The summed E-state index contributed by atoms with van der Waals surface area (Å²) in [5.41, 5.74) is 0. The fourth-order valence-corrected chi connectivity index (χ4v) is 3.66. The summed E-state index contributed by atoms with van der Waals surface area (Å²) in [5.74, 6) is 1.45. The Labute approximate surface area is 126 Å². The smallest absolute Gasteiger partial charge is 0.224 e. The summed E-state index contributed by atoms with van der Waals surface area (Å²) in [7, 11) is 0. The molecule has 2 aliphatic heterocycles. The summed E-state index contributed by atoms with van der Waals surface area (Å²) in [6.07, 6.45) is 10.1. The van der Waals surface area contributed by atoms with Gasteiger partial charge in [0.05, 0.1) is 0 Å². The second-order valence-electron chi connectivity index (χ2n) is 6.23. The van der Waals surface area contributed by atoms with Gasteiger partial charge in [-0.3, -0.25) is 4.79 Å². The van der Waals surface area contributed by atoms with E-state index in [1.807, 2.05) is 12.4 Å². The molecule has 1 amide bonds. The van der Waals surface area contributed by atoms with Crippen molar-refractivity contribution < 1.29 is 4.79 Å². The van der Waals surface area contributed by atoms with Crippen LogP contribution in [-0.2, 0) is 17.8 Å². The van der Waals surface area contributed by atoms with Crippen LogP contribution in [0.2, 0.25) is 0 Å². The summed E-state index contributed by atoms with van der Waals surface area (Å²) in [6.45, 7) is 5.01. The number of likely N-dealkylation sites (tertiary alicyclic amines) is 1. The van der Waals surface area contributed by atoms with Gasteiger partial charge in [-0.25, -0.2) is 4.98 Å². The van der Waals surface area contributed by atoms with E-state index in [1.54, 1.807) is 0 Å². The minimum Gasteiger partial charge on any atom is -0.338 e. The zero-order valence-corrected chi connectivity index (χ0v) is 12.9. The van der Waals surface area contributed by atoms with Crippen LogP contribution in [0.3, 0.4) is 0 Å². The Hall–Kier alpha value is -1.36. The molecule has 0 radical (unpaired) electrons. The number of hydrogen-bond donors (Lipinski definition) is 1. The molecule has 5 heteroatoms. The molecule has 1 unspecified atom stereocenters. The third kappa shape index (κ3) is 3.28. The highest BCUT2D eigenvalue weighted by Crippen LogP contribution is 2.22. The predicted octanol–water partition coefficient (Wildman–Crippen LogP) is 1.58. The highest BCUT2D eigenvalue weighted by Gasteiger charge is 2.30. The molecule has 1 N–H and O–H groups in total. The molecule has 2 saturated heterocycles. The number of imidazole rings is 1. The number of carbonyl (C=O) groups is 1. The van der Waals surface area contributed by atoms with Gasteiger partial charge in [-0.2, -0.15) is 0 Å². The molecule has 0 saturated carbocycles. The molecular weight excluding hydrogens is 264 g/mol. The van der Waals surface area contributed by atoms with Gasteiger partial charge in [0.1, 0.15) is 5.82 Å². The second-order valence-corrected chi connectivity index (χ2v) is 6.23. The lowest BCUT2D eigenvalue weighted by atomic mass is 10.1. The van der Waals surface area contributed by atoms with Gasteiger partial charge in [0.2, 0.25) is 5.91 Å². The standard InChI is InChI=1S/C16H26N4O/c1-2-15-18-8-10-19(15)12-14-6-4-9-20(14)16(21)11-13-5-3-7-17-13/h8,10,13-14,17H,2-7,9,11-12H2,1H3/t13?,14-/m1/s1. The molecule has 1 aromatic rings. The van der Waals surface area contributed by atoms with Crippen LogP contribution < -0.4 is 5.32 Å². The minimum atomic E-state index is 0.329. The van der Waals surface area contributed by atoms with Gasteiger partial charge in [-0.15, -0.1) is 0 Å². The van der Waals surface area contributed by atoms with E-state index in [1.165, 1.54) is 6.42 Å². The van der Waals surface area contributed by atoms with E-state index in [0.717, 1.165) is 51.1 Å². The monoisotopic (exact) mass is 290 g/mol. The first kappa shape index (κ1) is 14.6. The van der Waals surface area contributed by atoms with E-state index in [9.17, 15) is 4.79 Å². The normalized spacial score (nSPS) is 25.7. The first-order chi connectivity index (χ1) is 10.3. The number of hydrogen-bond acceptors (Lipinski definition) is 3. The van der Waals surface area contributed by atoms with Crippen LogP contribution in [0.4, 0.5) is 0 Å². The molecule has 2 aliphatic rings. The van der Waals surface area contributed by atoms with Gasteiger partial charge >= 0.3 is 0 Å². The summed E-state index contributed by atoms with van der Waals surface area (Å²) >= 11 is 0. The van der Waals surface area contributed by atoms with E-state index in [2.05, 4.69) is 26.7 Å². The number of aryl methyl sites for hydroxylation is 1. The summed E-state index contributed by atoms with van der Waals surface area (Å²) in [6, 6.07) is 0.747. The van der Waals surface area contributed by atoms with Crippen LogP contribution in [0.15, 0.2) is 12.4 Å². The third-order valence-corrected chi connectivity index (χ3v) is 4.81. The molecule has 2 fully saturated rings. The molecule has 116 valence electrons. The molecule has 0 aliphatic carbocycles. The summed E-state index contributed by atoms with van der Waals surface area (Å²) < 4.78 is 2.21. The van der Waals surface area contributed by atoms with Crippen molar-refractivity contribution in [1.82, 2.24) is 19.8 Å². The topological polar surface area (TPSA) is 50.2 Å². The van der Waals surface area contributed by atoms with E-state index in [-0.39, 0.29) is 0 Å². The first-order valence-electron chi connectivity index (χ1n) is 8.30. The highest BCUT2D eigenvalue weighted by molar-refractivity contribution is 5.77. The Morgan fingerprint density at radius 3 is 3.10 bits per heavy atom. The Morgan fingerprint density at radius 2 is 2.33 bits per heavy atom. The molecule has 0 aromatic carbocycles. The summed E-state index contributed by atoms with van der Waals surface area (Å²) in [5, 5.41) is 3.43. The van der Waals surface area contributed by atoms with Crippen molar-refractivity contribution in [2.45, 2.75) is 64.1 Å². The van der Waals surface area contributed by atoms with Gasteiger partial charge < -0.3 is 14.8 Å². The van der Waals surface area contributed by atoms with Crippen LogP contribution in [-0.4, -0.2) is 45.5 Å². The zero-order chi connectivity index (χ0) is 14.7. The largest absolute Gasteiger partial charge is 0.338 e. The lowest BCUT2D eigenvalue weighted by Crippen LogP contribution is -2.40. The van der Waals surface area contributed by atoms with Crippen LogP contribution in [0.25, 0.3) is 0 Å². The molecule has 21 heavy (non-hydrogen) atoms. The van der Waals surface area contributed by atoms with Crippen molar-refractivity contribution in [2.24, 2.45) is 0 Å². The third-order valence-electron chi connectivity index (χ3n) is 4.81. The lowest BCUT2D eigenvalue weighted by Gasteiger charge is -2.27. The molecule has 3 rings (SSSR count). The highest BCUT2D eigenvalue weighted by atomic mass is 16.2. The zero-order valence-electron chi connectivity index (χ0n) is 12.9.